The number of ether oxygens (including phenoxy) is 3. The van der Waals surface area contributed by atoms with Crippen LogP contribution in [-0.4, -0.2) is 130 Å². The van der Waals surface area contributed by atoms with Crippen LogP contribution in [0.1, 0.15) is 97.1 Å². The molecule has 5 atom stereocenters. The molecule has 5 aromatic rings. The van der Waals surface area contributed by atoms with Crippen molar-refractivity contribution in [3.05, 3.63) is 104 Å². The van der Waals surface area contributed by atoms with Crippen molar-refractivity contribution in [1.82, 2.24) is 40.6 Å². The molecule has 2 aromatic carbocycles. The van der Waals surface area contributed by atoms with Gasteiger partial charge in [-0.3, -0.25) is 28.7 Å². The molecule has 2 aliphatic rings. The van der Waals surface area contributed by atoms with Gasteiger partial charge in [-0.2, -0.15) is 0 Å². The number of aliphatic hydroxyl groups is 1. The van der Waals surface area contributed by atoms with Gasteiger partial charge in [0, 0.05) is 40.5 Å². The molecule has 70 heavy (non-hydrogen) atoms. The molecule has 1 fully saturated rings. The fourth-order valence-corrected chi connectivity index (χ4v) is 10.6. The maximum absolute atomic E-state index is 14.0. The summed E-state index contributed by atoms with van der Waals surface area (Å²) in [5.41, 5.74) is 7.75. The summed E-state index contributed by atoms with van der Waals surface area (Å²) in [6, 6.07) is 12.6. The standard InChI is InChI=1S/C50H62ClN9O8S2/c1-28-31(4)70-49-42(28)43(34-13-15-36(51)16-14-34)55-38(46-58-57-32(5)60(46)49)24-40(62)52-17-18-66-19-20-67-21-22-68-26-41(63)56-45(50(6,7)8)48(65)59-25-37(61)23-39(59)47(64)54-29(2)33-9-11-35(12-10-33)44-30(3)53-27-69-44/h9-16,27,29,37-39,45,61H,17-26H2,1-8H3,(H,52,62)(H,54,64)(H,56,63)/t29-,37-,38-,39+,45-/m0/s1. The monoisotopic (exact) mass is 1020 g/mol. The van der Waals surface area contributed by atoms with E-state index in [9.17, 15) is 24.3 Å². The van der Waals surface area contributed by atoms with Crippen LogP contribution in [0, 0.1) is 33.1 Å². The summed E-state index contributed by atoms with van der Waals surface area (Å²) in [5.74, 6) is -0.238. The first-order chi connectivity index (χ1) is 33.4. The van der Waals surface area contributed by atoms with Crippen LogP contribution in [0.15, 0.2) is 59.0 Å². The molecule has 0 aliphatic carbocycles. The van der Waals surface area contributed by atoms with Crippen molar-refractivity contribution in [2.75, 3.05) is 52.7 Å². The number of carbonyl (C=O) groups excluding carboxylic acids is 4. The first-order valence-electron chi connectivity index (χ1n) is 23.4. The number of β-amino-alcohol motifs (C(OH)–C–C–N with tert-alkyl or cyclic N) is 1. The number of thiazole rings is 1. The third-order valence-electron chi connectivity index (χ3n) is 12.3. The van der Waals surface area contributed by atoms with Gasteiger partial charge in [0.25, 0.3) is 0 Å². The minimum Gasteiger partial charge on any atom is -0.391 e. The number of nitrogens with zero attached hydrogens (tertiary/aromatic N) is 6. The molecule has 374 valence electrons. The SMILES string of the molecule is Cc1ncsc1-c1ccc([C@H](C)NC(=O)[C@H]2C[C@H](O)CN2C(=O)[C@H](NC(=O)COCCOCCOCCNC(=O)C[C@@H]2N=C(c3ccc(Cl)cc3)c3c(sc(C)c3C)-n3c(C)nnc32)C(C)(C)C)cc1. The highest BCUT2D eigenvalue weighted by Gasteiger charge is 2.45. The summed E-state index contributed by atoms with van der Waals surface area (Å²) in [6.07, 6.45) is -0.753. The van der Waals surface area contributed by atoms with E-state index in [-0.39, 0.29) is 83.4 Å². The zero-order valence-corrected chi connectivity index (χ0v) is 43.2. The molecule has 4 amide bonds. The van der Waals surface area contributed by atoms with Crippen LogP contribution in [-0.2, 0) is 33.4 Å². The number of thiophene rings is 1. The average molecular weight is 1020 g/mol. The molecular formula is C50H62ClN9O8S2. The Kier molecular flexibility index (Phi) is 17.4. The number of halogens is 1. The number of aromatic nitrogens is 4. The summed E-state index contributed by atoms with van der Waals surface area (Å²) in [6.45, 7) is 16.4. The minimum absolute atomic E-state index is 0.0337. The van der Waals surface area contributed by atoms with E-state index in [2.05, 4.69) is 45.0 Å². The van der Waals surface area contributed by atoms with Crippen molar-refractivity contribution in [2.45, 2.75) is 98.5 Å². The number of hydrogen-bond acceptors (Lipinski definition) is 14. The molecule has 20 heteroatoms. The number of fused-ring (bicyclic) bond motifs is 3. The molecule has 0 saturated carbocycles. The lowest BCUT2D eigenvalue weighted by Gasteiger charge is -2.35. The van der Waals surface area contributed by atoms with Crippen LogP contribution in [0.4, 0.5) is 0 Å². The van der Waals surface area contributed by atoms with Crippen LogP contribution in [0.5, 0.6) is 0 Å². The minimum atomic E-state index is -0.991. The van der Waals surface area contributed by atoms with Crippen LogP contribution in [0.25, 0.3) is 15.4 Å². The van der Waals surface area contributed by atoms with E-state index in [1.807, 2.05) is 100 Å². The normalized spacial score (nSPS) is 17.5. The lowest BCUT2D eigenvalue weighted by molar-refractivity contribution is -0.144. The van der Waals surface area contributed by atoms with Gasteiger partial charge in [-0.15, -0.1) is 32.9 Å². The first-order valence-corrected chi connectivity index (χ1v) is 25.4. The predicted octanol–water partition coefficient (Wildman–Crippen LogP) is 6.16. The Morgan fingerprint density at radius 1 is 0.886 bits per heavy atom. The van der Waals surface area contributed by atoms with Crippen molar-refractivity contribution < 1.29 is 38.5 Å². The Labute approximate surface area is 421 Å². The van der Waals surface area contributed by atoms with Crippen molar-refractivity contribution in [3.63, 3.8) is 0 Å². The number of aliphatic hydroxyl groups excluding tert-OH is 1. The summed E-state index contributed by atoms with van der Waals surface area (Å²) >= 11 is 9.45. The van der Waals surface area contributed by atoms with Crippen molar-refractivity contribution >= 4 is 63.6 Å². The van der Waals surface area contributed by atoms with Gasteiger partial charge in [0.05, 0.1) is 73.4 Å². The highest BCUT2D eigenvalue weighted by molar-refractivity contribution is 7.15. The number of rotatable bonds is 20. The Morgan fingerprint density at radius 2 is 1.56 bits per heavy atom. The van der Waals surface area contributed by atoms with Gasteiger partial charge in [0.1, 0.15) is 35.6 Å². The summed E-state index contributed by atoms with van der Waals surface area (Å²) in [7, 11) is 0. The average Bonchev–Trinajstić information content (AvgIpc) is 4.09. The van der Waals surface area contributed by atoms with Gasteiger partial charge >= 0.3 is 0 Å². The number of hydrogen-bond donors (Lipinski definition) is 4. The summed E-state index contributed by atoms with van der Waals surface area (Å²) < 4.78 is 18.9. The molecule has 1 saturated heterocycles. The molecule has 5 heterocycles. The highest BCUT2D eigenvalue weighted by atomic mass is 35.5. The van der Waals surface area contributed by atoms with E-state index in [1.54, 1.807) is 22.7 Å². The van der Waals surface area contributed by atoms with Gasteiger partial charge in [-0.25, -0.2) is 4.98 Å². The Balaban J connectivity index is 0.804. The second-order valence-electron chi connectivity index (χ2n) is 18.6. The van der Waals surface area contributed by atoms with Gasteiger partial charge < -0.3 is 40.2 Å². The van der Waals surface area contributed by atoms with E-state index in [4.69, 9.17) is 30.8 Å². The predicted molar refractivity (Wildman–Crippen MR) is 270 cm³/mol. The molecule has 0 bridgehead atoms. The molecule has 17 nitrogen and oxygen atoms in total. The second-order valence-corrected chi connectivity index (χ2v) is 21.1. The van der Waals surface area contributed by atoms with Crippen LogP contribution in [0.3, 0.4) is 0 Å². The fraction of sp³-hybridized carbons (Fsp3) is 0.480. The topological polar surface area (TPSA) is 211 Å². The van der Waals surface area contributed by atoms with E-state index < -0.39 is 41.5 Å². The van der Waals surface area contributed by atoms with E-state index in [0.29, 0.717) is 16.7 Å². The largest absolute Gasteiger partial charge is 0.391 e. The van der Waals surface area contributed by atoms with Gasteiger partial charge in [-0.05, 0) is 68.9 Å². The van der Waals surface area contributed by atoms with Gasteiger partial charge in [0.2, 0.25) is 23.6 Å². The highest BCUT2D eigenvalue weighted by Crippen LogP contribution is 2.40. The van der Waals surface area contributed by atoms with Crippen molar-refractivity contribution in [2.24, 2.45) is 10.4 Å². The maximum atomic E-state index is 14.0. The van der Waals surface area contributed by atoms with Gasteiger partial charge in [-0.1, -0.05) is 68.8 Å². The van der Waals surface area contributed by atoms with Crippen molar-refractivity contribution in [1.29, 1.82) is 0 Å². The number of aliphatic imine (C=N–C) groups is 1. The third kappa shape index (κ3) is 12.5. The van der Waals surface area contributed by atoms with Gasteiger partial charge in [0.15, 0.2) is 5.82 Å². The summed E-state index contributed by atoms with van der Waals surface area (Å²) in [4.78, 5) is 67.1. The smallest absolute Gasteiger partial charge is 0.246 e. The molecule has 7 rings (SSSR count). The number of carbonyl (C=O) groups is 4. The number of benzene rings is 2. The molecule has 2 aliphatic heterocycles. The van der Waals surface area contributed by atoms with E-state index in [0.717, 1.165) is 54.0 Å². The number of amides is 4. The molecule has 0 spiro atoms. The molecular weight excluding hydrogens is 954 g/mol. The maximum Gasteiger partial charge on any atom is 0.246 e. The first kappa shape index (κ1) is 52.4. The Morgan fingerprint density at radius 3 is 2.23 bits per heavy atom. The van der Waals surface area contributed by atoms with Crippen LogP contribution < -0.4 is 16.0 Å². The van der Waals surface area contributed by atoms with Crippen LogP contribution >= 0.6 is 34.3 Å². The molecule has 4 N–H and O–H groups in total. The van der Waals surface area contributed by atoms with Crippen LogP contribution in [0.2, 0.25) is 5.02 Å². The number of nitrogens with one attached hydrogen (secondary N) is 3. The number of likely N-dealkylation sites (tertiary alicyclic amines) is 1. The number of aryl methyl sites for hydroxylation is 3. The Hall–Kier alpha value is -5.41. The zero-order chi connectivity index (χ0) is 50.3. The zero-order valence-electron chi connectivity index (χ0n) is 40.8. The van der Waals surface area contributed by atoms with E-state index >= 15 is 0 Å². The molecule has 3 aromatic heterocycles. The quantitative estimate of drug-likeness (QED) is 0.0649. The fourth-order valence-electron chi connectivity index (χ4n) is 8.47. The third-order valence-corrected chi connectivity index (χ3v) is 14.8. The molecule has 0 radical (unpaired) electrons. The van der Waals surface area contributed by atoms with Crippen molar-refractivity contribution in [3.8, 4) is 15.4 Å². The Bertz CT molecular complexity index is 2680. The lowest BCUT2D eigenvalue weighted by Crippen LogP contribution is -2.58. The van der Waals surface area contributed by atoms with E-state index in [1.165, 1.54) is 4.90 Å². The lowest BCUT2D eigenvalue weighted by atomic mass is 9.85. The summed E-state index contributed by atoms with van der Waals surface area (Å²) in [5, 5.41) is 29.8. The molecule has 0 unspecified atom stereocenters. The second kappa shape index (κ2) is 23.2.